The van der Waals surface area contributed by atoms with Gasteiger partial charge in [-0.05, 0) is 18.2 Å². The molecule has 0 radical (unpaired) electrons. The molecule has 0 bridgehead atoms. The average molecular weight is 346 g/mol. The van der Waals surface area contributed by atoms with Crippen LogP contribution in [0.4, 0.5) is 0 Å². The van der Waals surface area contributed by atoms with Gasteiger partial charge in [0.1, 0.15) is 0 Å². The lowest BCUT2D eigenvalue weighted by Gasteiger charge is -2.08. The van der Waals surface area contributed by atoms with E-state index in [2.05, 4.69) is 9.78 Å². The van der Waals surface area contributed by atoms with Gasteiger partial charge in [-0.3, -0.25) is 4.79 Å². The van der Waals surface area contributed by atoms with E-state index in [0.717, 1.165) is 0 Å². The van der Waals surface area contributed by atoms with Crippen molar-refractivity contribution in [3.8, 4) is 0 Å². The number of rotatable bonds is 4. The molecule has 0 aliphatic heterocycles. The van der Waals surface area contributed by atoms with Crippen LogP contribution in [0.3, 0.4) is 0 Å². The fourth-order valence-electron chi connectivity index (χ4n) is 2.35. The van der Waals surface area contributed by atoms with Gasteiger partial charge in [0, 0.05) is 11.1 Å². The van der Waals surface area contributed by atoms with E-state index in [4.69, 9.17) is 0 Å². The molecule has 0 aliphatic carbocycles. The van der Waals surface area contributed by atoms with Gasteiger partial charge < -0.3 is 0 Å². The van der Waals surface area contributed by atoms with E-state index in [-0.39, 0.29) is 22.5 Å². The molecule has 128 valence electrons. The van der Waals surface area contributed by atoms with E-state index in [1.54, 1.807) is 60.7 Å². The average Bonchev–Trinajstić information content (AvgIpc) is 2.72. The van der Waals surface area contributed by atoms with Gasteiger partial charge in [-0.1, -0.05) is 66.7 Å². The lowest BCUT2D eigenvalue weighted by molar-refractivity contribution is -0.187. The van der Waals surface area contributed by atoms with Gasteiger partial charge >= 0.3 is 11.9 Å². The maximum atomic E-state index is 12.6. The lowest BCUT2D eigenvalue weighted by atomic mass is 9.98. The van der Waals surface area contributed by atoms with Gasteiger partial charge in [-0.25, -0.2) is 19.4 Å². The Morgan fingerprint density at radius 1 is 0.500 bits per heavy atom. The third-order valence-electron chi connectivity index (χ3n) is 3.63. The number of hydrogen-bond acceptors (Lipinski definition) is 5. The van der Waals surface area contributed by atoms with E-state index in [9.17, 15) is 14.4 Å². The molecule has 0 aromatic heterocycles. The maximum Gasteiger partial charge on any atom is 0.387 e. The molecule has 0 N–H and O–H groups in total. The molecular weight excluding hydrogens is 332 g/mol. The molecular formula is C21H14O5. The molecule has 0 aliphatic rings. The number of benzene rings is 3. The fraction of sp³-hybridized carbons (Fsp3) is 0. The molecule has 26 heavy (non-hydrogen) atoms. The predicted molar refractivity (Wildman–Crippen MR) is 93.6 cm³/mol. The van der Waals surface area contributed by atoms with Crippen LogP contribution in [-0.4, -0.2) is 17.7 Å². The zero-order chi connectivity index (χ0) is 18.4. The molecule has 3 aromatic rings. The van der Waals surface area contributed by atoms with Gasteiger partial charge in [0.15, 0.2) is 5.78 Å². The Balaban J connectivity index is 1.76. The zero-order valence-corrected chi connectivity index (χ0v) is 13.6. The van der Waals surface area contributed by atoms with Crippen molar-refractivity contribution in [1.29, 1.82) is 0 Å². The first-order chi connectivity index (χ1) is 12.7. The summed E-state index contributed by atoms with van der Waals surface area (Å²) in [5, 5.41) is 0. The Labute approximate surface area is 149 Å². The summed E-state index contributed by atoms with van der Waals surface area (Å²) in [6.07, 6.45) is 0. The van der Waals surface area contributed by atoms with Gasteiger partial charge in [0.05, 0.1) is 11.1 Å². The quantitative estimate of drug-likeness (QED) is 0.408. The van der Waals surface area contributed by atoms with Gasteiger partial charge in [0.25, 0.3) is 0 Å². The van der Waals surface area contributed by atoms with Crippen molar-refractivity contribution in [1.82, 2.24) is 0 Å². The first kappa shape index (κ1) is 17.1. The van der Waals surface area contributed by atoms with Crippen LogP contribution in [0.2, 0.25) is 0 Å². The second-order valence-electron chi connectivity index (χ2n) is 5.35. The Morgan fingerprint density at radius 3 is 1.58 bits per heavy atom. The topological polar surface area (TPSA) is 69.7 Å². The third-order valence-corrected chi connectivity index (χ3v) is 3.63. The van der Waals surface area contributed by atoms with Crippen LogP contribution in [0.1, 0.15) is 36.6 Å². The largest absolute Gasteiger partial charge is 0.387 e. The van der Waals surface area contributed by atoms with Crippen LogP contribution >= 0.6 is 0 Å². The van der Waals surface area contributed by atoms with Gasteiger partial charge in [-0.2, -0.15) is 0 Å². The predicted octanol–water partition coefficient (Wildman–Crippen LogP) is 3.85. The SMILES string of the molecule is O=C(OOC(=O)c1ccccc1C(=O)c1ccccc1)c1ccccc1. The Morgan fingerprint density at radius 2 is 0.962 bits per heavy atom. The summed E-state index contributed by atoms with van der Waals surface area (Å²) >= 11 is 0. The van der Waals surface area contributed by atoms with Gasteiger partial charge in [-0.15, -0.1) is 0 Å². The van der Waals surface area contributed by atoms with E-state index in [0.29, 0.717) is 5.56 Å². The molecule has 0 atom stereocenters. The molecule has 0 saturated heterocycles. The number of carbonyl (C=O) groups excluding carboxylic acids is 3. The van der Waals surface area contributed by atoms with E-state index >= 15 is 0 Å². The minimum Gasteiger partial charge on any atom is -0.289 e. The Hall–Kier alpha value is -3.73. The minimum absolute atomic E-state index is 0.0159. The van der Waals surface area contributed by atoms with Crippen LogP contribution in [0.15, 0.2) is 84.9 Å². The summed E-state index contributed by atoms with van der Waals surface area (Å²) in [6.45, 7) is 0. The summed E-state index contributed by atoms with van der Waals surface area (Å²) in [7, 11) is 0. The molecule has 0 amide bonds. The molecule has 3 rings (SSSR count). The standard InChI is InChI=1S/C21H14O5/c22-19(15-9-3-1-4-10-15)17-13-7-8-14-18(17)21(24)26-25-20(23)16-11-5-2-6-12-16/h1-14H. The van der Waals surface area contributed by atoms with Crippen molar-refractivity contribution in [2.24, 2.45) is 0 Å². The van der Waals surface area contributed by atoms with E-state index < -0.39 is 11.9 Å². The van der Waals surface area contributed by atoms with Crippen molar-refractivity contribution in [3.63, 3.8) is 0 Å². The smallest absolute Gasteiger partial charge is 0.289 e. The molecule has 0 heterocycles. The summed E-state index contributed by atoms with van der Waals surface area (Å²) < 4.78 is 0. The highest BCUT2D eigenvalue weighted by molar-refractivity contribution is 6.14. The second-order valence-corrected chi connectivity index (χ2v) is 5.35. The highest BCUT2D eigenvalue weighted by Crippen LogP contribution is 2.16. The zero-order valence-electron chi connectivity index (χ0n) is 13.6. The molecule has 0 spiro atoms. The summed E-state index contributed by atoms with van der Waals surface area (Å²) in [5.74, 6) is -2.05. The molecule has 5 heteroatoms. The monoisotopic (exact) mass is 346 g/mol. The van der Waals surface area contributed by atoms with Crippen LogP contribution in [0.25, 0.3) is 0 Å². The van der Waals surface area contributed by atoms with Crippen LogP contribution in [-0.2, 0) is 9.78 Å². The highest BCUT2D eigenvalue weighted by atomic mass is 17.2. The number of ketones is 1. The summed E-state index contributed by atoms with van der Waals surface area (Å²) in [6, 6.07) is 22.9. The van der Waals surface area contributed by atoms with Crippen LogP contribution in [0.5, 0.6) is 0 Å². The molecule has 3 aromatic carbocycles. The normalized spacial score (nSPS) is 10.0. The van der Waals surface area contributed by atoms with Crippen molar-refractivity contribution >= 4 is 17.7 Å². The molecule has 0 saturated carbocycles. The lowest BCUT2D eigenvalue weighted by Crippen LogP contribution is -2.15. The number of hydrogen-bond donors (Lipinski definition) is 0. The molecule has 0 unspecified atom stereocenters. The van der Waals surface area contributed by atoms with Gasteiger partial charge in [0.2, 0.25) is 0 Å². The molecule has 5 nitrogen and oxygen atoms in total. The first-order valence-corrected chi connectivity index (χ1v) is 7.84. The third kappa shape index (κ3) is 3.84. The van der Waals surface area contributed by atoms with Crippen molar-refractivity contribution in [2.45, 2.75) is 0 Å². The minimum atomic E-state index is -0.922. The Kier molecular flexibility index (Phi) is 5.19. The van der Waals surface area contributed by atoms with Crippen molar-refractivity contribution in [2.75, 3.05) is 0 Å². The summed E-state index contributed by atoms with van der Waals surface area (Å²) in [4.78, 5) is 46.0. The van der Waals surface area contributed by atoms with E-state index in [1.807, 2.05) is 0 Å². The highest BCUT2D eigenvalue weighted by Gasteiger charge is 2.21. The van der Waals surface area contributed by atoms with Crippen molar-refractivity contribution < 1.29 is 24.2 Å². The van der Waals surface area contributed by atoms with Crippen molar-refractivity contribution in [3.05, 3.63) is 107 Å². The fourth-order valence-corrected chi connectivity index (χ4v) is 2.35. The first-order valence-electron chi connectivity index (χ1n) is 7.84. The van der Waals surface area contributed by atoms with Crippen LogP contribution < -0.4 is 0 Å². The number of carbonyl (C=O) groups is 3. The van der Waals surface area contributed by atoms with Crippen LogP contribution in [0, 0.1) is 0 Å². The molecule has 0 fully saturated rings. The second kappa shape index (κ2) is 7.90. The summed E-state index contributed by atoms with van der Waals surface area (Å²) in [5.41, 5.74) is 0.865. The van der Waals surface area contributed by atoms with E-state index in [1.165, 1.54) is 24.3 Å². The maximum absolute atomic E-state index is 12.6. The Bertz CT molecular complexity index is 933.